The van der Waals surface area contributed by atoms with Crippen LogP contribution in [0.2, 0.25) is 0 Å². The van der Waals surface area contributed by atoms with Crippen molar-refractivity contribution in [3.05, 3.63) is 52.4 Å². The van der Waals surface area contributed by atoms with E-state index in [0.29, 0.717) is 16.7 Å². The first-order chi connectivity index (χ1) is 14.7. The number of carboxylic acids is 1. The van der Waals surface area contributed by atoms with Crippen LogP contribution < -0.4 is 4.72 Å². The molecule has 2 aliphatic rings. The number of carboxylic acid groups (broad SMARTS) is 1. The molecule has 4 nitrogen and oxygen atoms in total. The molecule has 32 heavy (non-hydrogen) atoms. The highest BCUT2D eigenvalue weighted by atomic mass is 32.2. The van der Waals surface area contributed by atoms with E-state index in [-0.39, 0.29) is 5.92 Å². The van der Waals surface area contributed by atoms with Crippen LogP contribution >= 0.6 is 0 Å². The first-order valence-corrected chi connectivity index (χ1v) is 12.2. The van der Waals surface area contributed by atoms with Gasteiger partial charge in [0.25, 0.3) is 0 Å². The zero-order valence-corrected chi connectivity index (χ0v) is 20.4. The molecule has 0 heterocycles. The van der Waals surface area contributed by atoms with Crippen molar-refractivity contribution in [3.8, 4) is 0 Å². The molecule has 1 saturated carbocycles. The standard InChI is InChI=1S/C25H33F2NO3S/c1-14-7-10-17(15(2)11-14)19-12-18(16-8-9-16)23(26)22(25(19,6)27)20(13-21(29)30)28-32(31)24(3,4)5/h7,10-12,16,20,22,28H,8-9,13H2,1-6H3,(H,29,30). The molecule has 0 aromatic heterocycles. The Bertz CT molecular complexity index is 960. The van der Waals surface area contributed by atoms with Crippen LogP contribution in [-0.4, -0.2) is 32.1 Å². The van der Waals surface area contributed by atoms with Gasteiger partial charge in [-0.05, 0) is 88.7 Å². The van der Waals surface area contributed by atoms with E-state index in [0.717, 1.165) is 24.0 Å². The number of carbonyl (C=O) groups is 1. The lowest BCUT2D eigenvalue weighted by atomic mass is 9.70. The van der Waals surface area contributed by atoms with Crippen LogP contribution in [0.25, 0.3) is 5.57 Å². The number of benzene rings is 1. The van der Waals surface area contributed by atoms with Gasteiger partial charge in [0.15, 0.2) is 0 Å². The smallest absolute Gasteiger partial charge is 0.305 e. The molecule has 0 radical (unpaired) electrons. The monoisotopic (exact) mass is 465 g/mol. The van der Waals surface area contributed by atoms with E-state index in [1.807, 2.05) is 32.0 Å². The van der Waals surface area contributed by atoms with Crippen LogP contribution in [0.4, 0.5) is 8.78 Å². The van der Waals surface area contributed by atoms with Gasteiger partial charge in [0.1, 0.15) is 16.2 Å². The van der Waals surface area contributed by atoms with E-state index in [1.165, 1.54) is 6.92 Å². The molecule has 0 bridgehead atoms. The van der Waals surface area contributed by atoms with Crippen molar-refractivity contribution >= 4 is 22.9 Å². The molecule has 3 rings (SSSR count). The van der Waals surface area contributed by atoms with Gasteiger partial charge in [-0.1, -0.05) is 23.8 Å². The first-order valence-electron chi connectivity index (χ1n) is 11.0. The molecule has 1 fully saturated rings. The summed E-state index contributed by atoms with van der Waals surface area (Å²) in [6, 6.07) is 4.51. The van der Waals surface area contributed by atoms with E-state index in [9.17, 15) is 14.5 Å². The number of rotatable bonds is 7. The zero-order chi connectivity index (χ0) is 24.0. The van der Waals surface area contributed by atoms with Gasteiger partial charge < -0.3 is 9.66 Å². The third kappa shape index (κ3) is 5.10. The highest BCUT2D eigenvalue weighted by molar-refractivity contribution is 7.90. The van der Waals surface area contributed by atoms with Crippen LogP contribution in [0.15, 0.2) is 35.7 Å². The van der Waals surface area contributed by atoms with Crippen molar-refractivity contribution < 1.29 is 23.2 Å². The maximum Gasteiger partial charge on any atom is 0.305 e. The summed E-state index contributed by atoms with van der Waals surface area (Å²) in [5.74, 6) is -3.22. The SMILES string of the molecule is Cc1ccc(C2=CC(C3CC3)=C(F)C(C(CC(=O)O)N[S+]([O-])C(C)(C)C)C2(C)F)c(C)c1. The van der Waals surface area contributed by atoms with E-state index in [1.54, 1.807) is 26.8 Å². The Morgan fingerprint density at radius 1 is 1.34 bits per heavy atom. The maximum absolute atomic E-state index is 16.6. The number of allylic oxidation sites excluding steroid dienone is 3. The fourth-order valence-corrected chi connectivity index (χ4v) is 5.25. The first kappa shape index (κ1) is 24.9. The second kappa shape index (κ2) is 8.92. The lowest BCUT2D eigenvalue weighted by Gasteiger charge is -2.41. The van der Waals surface area contributed by atoms with E-state index < -0.39 is 52.0 Å². The summed E-state index contributed by atoms with van der Waals surface area (Å²) in [4.78, 5) is 11.7. The van der Waals surface area contributed by atoms with Crippen molar-refractivity contribution in [3.63, 3.8) is 0 Å². The Morgan fingerprint density at radius 3 is 2.47 bits per heavy atom. The molecule has 7 heteroatoms. The zero-order valence-electron chi connectivity index (χ0n) is 19.6. The number of aryl methyl sites for hydroxylation is 2. The summed E-state index contributed by atoms with van der Waals surface area (Å²) in [5.41, 5.74) is 1.19. The molecule has 1 aromatic rings. The van der Waals surface area contributed by atoms with E-state index in [2.05, 4.69) is 4.72 Å². The Balaban J connectivity index is 2.14. The van der Waals surface area contributed by atoms with Crippen molar-refractivity contribution in [2.75, 3.05) is 0 Å². The lowest BCUT2D eigenvalue weighted by Crippen LogP contribution is -2.54. The predicted octanol–water partition coefficient (Wildman–Crippen LogP) is 5.57. The van der Waals surface area contributed by atoms with Gasteiger partial charge in [-0.3, -0.25) is 4.79 Å². The van der Waals surface area contributed by atoms with Gasteiger partial charge in [-0.15, -0.1) is 4.72 Å². The average Bonchev–Trinajstić information content (AvgIpc) is 3.46. The molecule has 2 N–H and O–H groups in total. The molecule has 4 atom stereocenters. The predicted molar refractivity (Wildman–Crippen MR) is 125 cm³/mol. The summed E-state index contributed by atoms with van der Waals surface area (Å²) >= 11 is -1.69. The number of hydrogen-bond donors (Lipinski definition) is 2. The van der Waals surface area contributed by atoms with Crippen LogP contribution in [-0.2, 0) is 16.2 Å². The normalized spacial score (nSPS) is 26.0. The Kier molecular flexibility index (Phi) is 6.95. The third-order valence-electron chi connectivity index (χ3n) is 6.26. The summed E-state index contributed by atoms with van der Waals surface area (Å²) in [6.45, 7) is 10.3. The van der Waals surface area contributed by atoms with Gasteiger partial charge in [-0.2, -0.15) is 0 Å². The van der Waals surface area contributed by atoms with Crippen LogP contribution in [0.5, 0.6) is 0 Å². The summed E-state index contributed by atoms with van der Waals surface area (Å²) in [7, 11) is 0. The van der Waals surface area contributed by atoms with Crippen LogP contribution in [0, 0.1) is 25.7 Å². The highest BCUT2D eigenvalue weighted by Gasteiger charge is 2.52. The topological polar surface area (TPSA) is 72.4 Å². The Morgan fingerprint density at radius 2 is 1.97 bits per heavy atom. The highest BCUT2D eigenvalue weighted by Crippen LogP contribution is 2.53. The largest absolute Gasteiger partial charge is 0.598 e. The van der Waals surface area contributed by atoms with Crippen molar-refractivity contribution in [1.29, 1.82) is 0 Å². The second-order valence-electron chi connectivity index (χ2n) is 10.2. The number of hydrogen-bond acceptors (Lipinski definition) is 3. The second-order valence-corrected chi connectivity index (χ2v) is 12.2. The van der Waals surface area contributed by atoms with Crippen molar-refractivity contribution in [2.24, 2.45) is 11.8 Å². The molecular formula is C25H33F2NO3S. The van der Waals surface area contributed by atoms with Gasteiger partial charge in [0.05, 0.1) is 18.4 Å². The lowest BCUT2D eigenvalue weighted by molar-refractivity contribution is -0.137. The summed E-state index contributed by atoms with van der Waals surface area (Å²) < 4.78 is 47.4. The van der Waals surface area contributed by atoms with Gasteiger partial charge in [0.2, 0.25) is 0 Å². The van der Waals surface area contributed by atoms with Gasteiger partial charge in [-0.25, -0.2) is 8.78 Å². The number of alkyl halides is 1. The quantitative estimate of drug-likeness (QED) is 0.516. The Hall–Kier alpha value is -1.70. The van der Waals surface area contributed by atoms with E-state index >= 15 is 8.78 Å². The molecule has 0 spiro atoms. The van der Waals surface area contributed by atoms with Crippen molar-refractivity contribution in [1.82, 2.24) is 4.72 Å². The summed E-state index contributed by atoms with van der Waals surface area (Å²) in [5, 5.41) is 9.52. The number of aliphatic carboxylic acids is 1. The molecular weight excluding hydrogens is 432 g/mol. The minimum Gasteiger partial charge on any atom is -0.598 e. The van der Waals surface area contributed by atoms with Crippen LogP contribution in [0.3, 0.4) is 0 Å². The third-order valence-corrected chi connectivity index (χ3v) is 7.89. The number of nitrogens with one attached hydrogen (secondary N) is 1. The maximum atomic E-state index is 16.6. The molecule has 1 aromatic carbocycles. The molecule has 0 saturated heterocycles. The average molecular weight is 466 g/mol. The fourth-order valence-electron chi connectivity index (χ4n) is 4.40. The molecule has 4 unspecified atom stereocenters. The Labute approximate surface area is 192 Å². The van der Waals surface area contributed by atoms with Crippen LogP contribution in [0.1, 0.15) is 63.6 Å². The minimum atomic E-state index is -2.20. The fraction of sp³-hybridized carbons (Fsp3) is 0.560. The molecule has 0 amide bonds. The van der Waals surface area contributed by atoms with Gasteiger partial charge >= 0.3 is 5.97 Å². The van der Waals surface area contributed by atoms with Gasteiger partial charge in [0, 0.05) is 11.4 Å². The molecule has 176 valence electrons. The van der Waals surface area contributed by atoms with Crippen molar-refractivity contribution in [2.45, 2.75) is 77.3 Å². The minimum absolute atomic E-state index is 0.00736. The molecule has 2 aliphatic carbocycles. The molecule has 0 aliphatic heterocycles. The van der Waals surface area contributed by atoms with E-state index in [4.69, 9.17) is 0 Å². The summed E-state index contributed by atoms with van der Waals surface area (Å²) in [6.07, 6.45) is 2.72. The number of halogens is 2.